The molecule has 0 saturated carbocycles. The quantitative estimate of drug-likeness (QED) is 0.722. The van der Waals surface area contributed by atoms with Crippen molar-refractivity contribution in [3.05, 3.63) is 37.3 Å². The summed E-state index contributed by atoms with van der Waals surface area (Å²) in [5, 5.41) is 11.8. The van der Waals surface area contributed by atoms with Crippen LogP contribution in [-0.4, -0.2) is 27.0 Å². The number of carbonyl (C=O) groups is 1. The van der Waals surface area contributed by atoms with Crippen molar-refractivity contribution in [2.45, 2.75) is 20.4 Å². The Morgan fingerprint density at radius 3 is 2.92 bits per heavy atom. The zero-order valence-corrected chi connectivity index (χ0v) is 14.5. The van der Waals surface area contributed by atoms with Gasteiger partial charge in [0.05, 0.1) is 18.6 Å². The van der Waals surface area contributed by atoms with E-state index in [1.165, 1.54) is 4.57 Å². The SMILES string of the molecule is C#CCNC(=O)/C(C#N)=c1\sc(=C=Cc2nc[nH]c2C)c(=O)n1CC. The molecular formula is C17H15N5O2S. The number of nitrogens with zero attached hydrogens (tertiary/aromatic N) is 3. The molecule has 7 nitrogen and oxygen atoms in total. The number of nitrogens with one attached hydrogen (secondary N) is 2. The smallest absolute Gasteiger partial charge is 0.277 e. The first-order chi connectivity index (χ1) is 12.0. The largest absolute Gasteiger partial charge is 0.348 e. The van der Waals surface area contributed by atoms with Gasteiger partial charge < -0.3 is 10.3 Å². The highest BCUT2D eigenvalue weighted by Gasteiger charge is 2.14. The van der Waals surface area contributed by atoms with E-state index < -0.39 is 5.91 Å². The van der Waals surface area contributed by atoms with Crippen LogP contribution < -0.4 is 20.1 Å². The van der Waals surface area contributed by atoms with Gasteiger partial charge in [-0.1, -0.05) is 11.7 Å². The molecule has 2 N–H and O–H groups in total. The molecule has 8 heteroatoms. The van der Waals surface area contributed by atoms with Crippen molar-refractivity contribution in [2.24, 2.45) is 0 Å². The van der Waals surface area contributed by atoms with Crippen molar-refractivity contribution in [2.75, 3.05) is 6.54 Å². The maximum absolute atomic E-state index is 12.5. The lowest BCUT2D eigenvalue weighted by molar-refractivity contribution is -0.115. The number of carbonyl (C=O) groups excluding carboxylic acids is 1. The summed E-state index contributed by atoms with van der Waals surface area (Å²) in [5.74, 6) is 1.66. The number of imidazole rings is 1. The van der Waals surface area contributed by atoms with Crippen molar-refractivity contribution in [1.82, 2.24) is 19.9 Å². The number of aryl methyl sites for hydroxylation is 1. The number of thiazole rings is 1. The lowest BCUT2D eigenvalue weighted by Gasteiger charge is -2.00. The predicted octanol–water partition coefficient (Wildman–Crippen LogP) is -0.522. The van der Waals surface area contributed by atoms with Gasteiger partial charge in [-0.15, -0.1) is 17.8 Å². The fourth-order valence-electron chi connectivity index (χ4n) is 2.04. The van der Waals surface area contributed by atoms with Crippen LogP contribution in [0.1, 0.15) is 18.3 Å². The van der Waals surface area contributed by atoms with Crippen LogP contribution in [0.3, 0.4) is 0 Å². The summed E-state index contributed by atoms with van der Waals surface area (Å²) in [6.45, 7) is 3.93. The van der Waals surface area contributed by atoms with Gasteiger partial charge in [0.25, 0.3) is 11.5 Å². The van der Waals surface area contributed by atoms with Gasteiger partial charge in [-0.25, -0.2) is 4.98 Å². The lowest BCUT2D eigenvalue weighted by atomic mass is 10.3. The van der Waals surface area contributed by atoms with Crippen LogP contribution in [0.25, 0.3) is 17.4 Å². The molecule has 0 unspecified atom stereocenters. The van der Waals surface area contributed by atoms with Gasteiger partial charge in [0.2, 0.25) is 0 Å². The number of H-pyrrole nitrogens is 1. The van der Waals surface area contributed by atoms with Crippen molar-refractivity contribution in [1.29, 1.82) is 5.26 Å². The third kappa shape index (κ3) is 3.78. The normalized spacial score (nSPS) is 11.0. The molecule has 1 amide bonds. The first-order valence-corrected chi connectivity index (χ1v) is 8.17. The third-order valence-corrected chi connectivity index (χ3v) is 4.43. The second kappa shape index (κ2) is 7.98. The number of hydrogen-bond acceptors (Lipinski definition) is 5. The van der Waals surface area contributed by atoms with Crippen LogP contribution in [0.2, 0.25) is 0 Å². The van der Waals surface area contributed by atoms with Gasteiger partial charge in [-0.2, -0.15) is 5.26 Å². The molecule has 0 bridgehead atoms. The highest BCUT2D eigenvalue weighted by molar-refractivity contribution is 7.07. The van der Waals surface area contributed by atoms with E-state index in [2.05, 4.69) is 26.9 Å². The van der Waals surface area contributed by atoms with Crippen molar-refractivity contribution in [3.8, 4) is 18.4 Å². The zero-order valence-electron chi connectivity index (χ0n) is 13.7. The van der Waals surface area contributed by atoms with Gasteiger partial charge in [0, 0.05) is 18.3 Å². The fraction of sp³-hybridized carbons (Fsp3) is 0.235. The van der Waals surface area contributed by atoms with E-state index in [-0.39, 0.29) is 26.9 Å². The highest BCUT2D eigenvalue weighted by Crippen LogP contribution is 2.01. The lowest BCUT2D eigenvalue weighted by Crippen LogP contribution is -2.34. The second-order valence-corrected chi connectivity index (χ2v) is 5.86. The number of rotatable bonds is 4. The molecule has 0 aliphatic heterocycles. The van der Waals surface area contributed by atoms with E-state index >= 15 is 0 Å². The Morgan fingerprint density at radius 1 is 1.60 bits per heavy atom. The third-order valence-electron chi connectivity index (χ3n) is 3.31. The molecule has 0 radical (unpaired) electrons. The Balaban J connectivity index is 2.72. The Labute approximate surface area is 147 Å². The highest BCUT2D eigenvalue weighted by atomic mass is 32.1. The van der Waals surface area contributed by atoms with Crippen LogP contribution in [0.4, 0.5) is 0 Å². The number of hydrogen-bond donors (Lipinski definition) is 2. The summed E-state index contributed by atoms with van der Waals surface area (Å²) in [4.78, 5) is 31.6. The van der Waals surface area contributed by atoms with Crippen molar-refractivity contribution in [3.63, 3.8) is 0 Å². The Hall–Kier alpha value is -3.32. The maximum Gasteiger partial charge on any atom is 0.277 e. The van der Waals surface area contributed by atoms with Crippen LogP contribution in [0.5, 0.6) is 0 Å². The molecular weight excluding hydrogens is 338 g/mol. The summed E-state index contributed by atoms with van der Waals surface area (Å²) < 4.78 is 1.93. The minimum absolute atomic E-state index is 0.00304. The van der Waals surface area contributed by atoms with E-state index in [9.17, 15) is 14.9 Å². The molecule has 126 valence electrons. The van der Waals surface area contributed by atoms with Gasteiger partial charge in [-0.3, -0.25) is 14.2 Å². The van der Waals surface area contributed by atoms with Crippen LogP contribution >= 0.6 is 11.3 Å². The molecule has 2 heterocycles. The van der Waals surface area contributed by atoms with E-state index in [4.69, 9.17) is 6.42 Å². The molecule has 2 aromatic rings. The number of amides is 1. The summed E-state index contributed by atoms with van der Waals surface area (Å²) in [5.41, 5.74) is 3.94. The standard InChI is InChI=1S/C17H15N5O2S/c1-4-8-19-15(23)12(9-18)17-22(5-2)16(24)14(25-17)7-6-13-11(3)20-10-21-13/h1,6,10H,5,8H2,2-3H3,(H,19,23)(H,20,21)/b17-12-. The monoisotopic (exact) mass is 353 g/mol. The maximum atomic E-state index is 12.5. The first-order valence-electron chi connectivity index (χ1n) is 7.35. The van der Waals surface area contributed by atoms with Crippen LogP contribution in [-0.2, 0) is 11.3 Å². The molecule has 0 saturated heterocycles. The van der Waals surface area contributed by atoms with E-state index in [0.29, 0.717) is 12.2 Å². The fourth-order valence-corrected chi connectivity index (χ4v) is 3.11. The minimum Gasteiger partial charge on any atom is -0.348 e. The number of terminal acetylenes is 1. The van der Waals surface area contributed by atoms with Crippen molar-refractivity contribution < 1.29 is 4.79 Å². The first kappa shape index (κ1) is 18.0. The number of aromatic amines is 1. The minimum atomic E-state index is -0.609. The zero-order chi connectivity index (χ0) is 18.4. The molecule has 0 atom stereocenters. The summed E-state index contributed by atoms with van der Waals surface area (Å²) in [6.07, 6.45) is 8.24. The molecule has 25 heavy (non-hydrogen) atoms. The van der Waals surface area contributed by atoms with E-state index in [1.807, 2.05) is 13.0 Å². The topological polar surface area (TPSA) is 104 Å². The van der Waals surface area contributed by atoms with Crippen LogP contribution in [0.15, 0.2) is 11.1 Å². The summed E-state index contributed by atoms with van der Waals surface area (Å²) >= 11 is 1.03. The number of nitriles is 1. The van der Waals surface area contributed by atoms with Gasteiger partial charge in [0.15, 0.2) is 5.57 Å². The van der Waals surface area contributed by atoms with Gasteiger partial charge >= 0.3 is 0 Å². The van der Waals surface area contributed by atoms with Gasteiger partial charge in [0.1, 0.15) is 15.3 Å². The number of aromatic nitrogens is 3. The molecule has 2 aromatic heterocycles. The predicted molar refractivity (Wildman–Crippen MR) is 95.6 cm³/mol. The van der Waals surface area contributed by atoms with Crippen molar-refractivity contribution >= 4 is 34.6 Å². The Bertz CT molecular complexity index is 1100. The molecule has 0 fully saturated rings. The Kier molecular flexibility index (Phi) is 5.75. The van der Waals surface area contributed by atoms with Gasteiger partial charge in [-0.05, 0) is 13.8 Å². The molecule has 0 spiro atoms. The molecule has 0 aromatic carbocycles. The van der Waals surface area contributed by atoms with E-state index in [1.54, 1.807) is 19.3 Å². The van der Waals surface area contributed by atoms with E-state index in [0.717, 1.165) is 17.0 Å². The Morgan fingerprint density at radius 2 is 2.36 bits per heavy atom. The molecule has 0 aliphatic rings. The average Bonchev–Trinajstić information content (AvgIpc) is 3.15. The second-order valence-electron chi connectivity index (χ2n) is 4.86. The molecule has 0 aliphatic carbocycles. The van der Waals surface area contributed by atoms with Crippen LogP contribution in [0, 0.1) is 30.6 Å². The average molecular weight is 353 g/mol. The molecule has 2 rings (SSSR count). The summed E-state index contributed by atoms with van der Waals surface area (Å²) in [7, 11) is 0. The summed E-state index contributed by atoms with van der Waals surface area (Å²) in [6, 6.07) is 1.85.